The topological polar surface area (TPSA) is 75.7 Å². The average molecular weight is 410 g/mol. The zero-order valence-corrected chi connectivity index (χ0v) is 20.0. The molecule has 160 valence electrons. The number of rotatable bonds is 9. The molecule has 1 rings (SSSR count). The molecule has 0 unspecified atom stereocenters. The highest BCUT2D eigenvalue weighted by Gasteiger charge is 2.42. The van der Waals surface area contributed by atoms with Crippen molar-refractivity contribution in [3.8, 4) is 0 Å². The van der Waals surface area contributed by atoms with Crippen LogP contribution in [0.25, 0.3) is 6.08 Å². The first-order valence-corrected chi connectivity index (χ1v) is 12.9. The lowest BCUT2D eigenvalue weighted by Crippen LogP contribution is -2.49. The third-order valence-corrected chi connectivity index (χ3v) is 10.3. The van der Waals surface area contributed by atoms with Gasteiger partial charge in [0.25, 0.3) is 0 Å². The summed E-state index contributed by atoms with van der Waals surface area (Å²) >= 11 is 0. The lowest BCUT2D eigenvalue weighted by molar-refractivity contribution is 0.0274. The van der Waals surface area contributed by atoms with Crippen molar-refractivity contribution in [1.29, 1.82) is 0 Å². The summed E-state index contributed by atoms with van der Waals surface area (Å²) in [5.41, 5.74) is 1.53. The fourth-order valence-electron chi connectivity index (χ4n) is 2.95. The quantitative estimate of drug-likeness (QED) is 0.445. The van der Waals surface area contributed by atoms with Crippen LogP contribution in [-0.4, -0.2) is 42.3 Å². The van der Waals surface area contributed by atoms with E-state index in [1.54, 1.807) is 19.3 Å². The number of nitrogens with zero attached hydrogens (tertiary/aromatic N) is 1. The number of hydrogen-bond acceptors (Lipinski definition) is 5. The van der Waals surface area contributed by atoms with Gasteiger partial charge in [-0.15, -0.1) is 0 Å². The Balaban J connectivity index is 3.13. The molecule has 4 atom stereocenters. The molecule has 2 N–H and O–H groups in total. The van der Waals surface area contributed by atoms with Crippen LogP contribution in [0.1, 0.15) is 53.1 Å². The largest absolute Gasteiger partial charge is 0.449 e. The van der Waals surface area contributed by atoms with E-state index in [2.05, 4.69) is 45.8 Å². The van der Waals surface area contributed by atoms with E-state index in [4.69, 9.17) is 13.9 Å². The van der Waals surface area contributed by atoms with Gasteiger partial charge in [0.1, 0.15) is 12.0 Å². The minimum absolute atomic E-state index is 0.00146. The Labute approximate surface area is 171 Å². The number of aromatic nitrogens is 1. The predicted molar refractivity (Wildman–Crippen MR) is 118 cm³/mol. The number of oxazole rings is 1. The van der Waals surface area contributed by atoms with Crippen molar-refractivity contribution in [2.24, 2.45) is 11.8 Å². The van der Waals surface area contributed by atoms with Crippen molar-refractivity contribution < 1.29 is 19.1 Å². The Morgan fingerprint density at radius 3 is 2.39 bits per heavy atom. The van der Waals surface area contributed by atoms with E-state index >= 15 is 0 Å². The highest BCUT2D eigenvalue weighted by atomic mass is 28.4. The molecule has 0 bridgehead atoms. The van der Waals surface area contributed by atoms with Gasteiger partial charge in [-0.1, -0.05) is 46.8 Å². The molecule has 0 amide bonds. The van der Waals surface area contributed by atoms with Crippen LogP contribution in [0.5, 0.6) is 0 Å². The van der Waals surface area contributed by atoms with Crippen LogP contribution in [0.3, 0.4) is 0 Å². The third-order valence-electron chi connectivity index (χ3n) is 5.80. The van der Waals surface area contributed by atoms with Gasteiger partial charge >= 0.3 is 0 Å². The molecule has 1 aromatic heterocycles. The predicted octanol–water partition coefficient (Wildman–Crippen LogP) is 4.96. The van der Waals surface area contributed by atoms with E-state index in [0.29, 0.717) is 11.6 Å². The van der Waals surface area contributed by atoms with Crippen LogP contribution in [0, 0.1) is 18.8 Å². The monoisotopic (exact) mass is 409 g/mol. The van der Waals surface area contributed by atoms with Gasteiger partial charge in [-0.2, -0.15) is 0 Å². The van der Waals surface area contributed by atoms with E-state index in [1.165, 1.54) is 0 Å². The fourth-order valence-corrected chi connectivity index (χ4v) is 4.42. The molecule has 0 radical (unpaired) electrons. The van der Waals surface area contributed by atoms with Gasteiger partial charge in [0.05, 0.1) is 18.8 Å². The molecular weight excluding hydrogens is 370 g/mol. The number of aliphatic hydroxyl groups excluding tert-OH is 2. The molecule has 6 heteroatoms. The van der Waals surface area contributed by atoms with E-state index in [1.807, 2.05) is 26.0 Å². The van der Waals surface area contributed by atoms with Gasteiger partial charge in [0, 0.05) is 12.8 Å². The SMILES string of the molecule is C/C(=C\c1coc(C)n1)[C@H](O)[C@H](C)[C@@H](O[Si](C)(C)C(C)(C)C)[C@@H](C)/C=C/CO. The highest BCUT2D eigenvalue weighted by molar-refractivity contribution is 6.74. The van der Waals surface area contributed by atoms with Gasteiger partial charge in [-0.3, -0.25) is 0 Å². The molecule has 0 saturated heterocycles. The second kappa shape index (κ2) is 10.0. The second-order valence-electron chi connectivity index (χ2n) is 9.30. The number of aliphatic hydroxyl groups is 2. The molecule has 0 aliphatic rings. The minimum atomic E-state index is -2.04. The van der Waals surface area contributed by atoms with Gasteiger partial charge in [0.2, 0.25) is 0 Å². The van der Waals surface area contributed by atoms with E-state index in [9.17, 15) is 5.11 Å². The number of aryl methyl sites for hydroxylation is 1. The van der Waals surface area contributed by atoms with Crippen molar-refractivity contribution >= 4 is 14.4 Å². The summed E-state index contributed by atoms with van der Waals surface area (Å²) in [6, 6.07) is 0. The standard InChI is InChI=1S/C22H39NO4Si/c1-15(11-10-12-24)21(27-28(8,9)22(5,6)7)17(3)20(25)16(2)13-19-14-26-18(4)23-19/h10-11,13-15,17,20-21,24-25H,12H2,1-9H3/b11-10+,16-13+/t15-,17-,20-,21-/m0/s1. The smallest absolute Gasteiger partial charge is 0.192 e. The van der Waals surface area contributed by atoms with Crippen molar-refractivity contribution in [3.05, 3.63) is 35.6 Å². The molecule has 28 heavy (non-hydrogen) atoms. The molecule has 1 heterocycles. The van der Waals surface area contributed by atoms with Crippen LogP contribution >= 0.6 is 0 Å². The molecule has 0 spiro atoms. The molecule has 1 aromatic rings. The summed E-state index contributed by atoms with van der Waals surface area (Å²) in [5.74, 6) is 0.535. The van der Waals surface area contributed by atoms with Gasteiger partial charge in [0.15, 0.2) is 14.2 Å². The Morgan fingerprint density at radius 1 is 1.32 bits per heavy atom. The van der Waals surface area contributed by atoms with E-state index in [0.717, 1.165) is 5.57 Å². The zero-order valence-electron chi connectivity index (χ0n) is 19.0. The van der Waals surface area contributed by atoms with Crippen molar-refractivity contribution in [2.45, 2.75) is 78.8 Å². The van der Waals surface area contributed by atoms with E-state index in [-0.39, 0.29) is 29.6 Å². The maximum Gasteiger partial charge on any atom is 0.192 e. The average Bonchev–Trinajstić information content (AvgIpc) is 2.99. The number of hydrogen-bond donors (Lipinski definition) is 2. The molecule has 0 saturated carbocycles. The maximum absolute atomic E-state index is 11.0. The molecule has 0 aliphatic carbocycles. The summed E-state index contributed by atoms with van der Waals surface area (Å²) in [4.78, 5) is 4.29. The summed E-state index contributed by atoms with van der Waals surface area (Å²) in [7, 11) is -2.04. The highest BCUT2D eigenvalue weighted by Crippen LogP contribution is 2.40. The first-order chi connectivity index (χ1) is 12.8. The summed E-state index contributed by atoms with van der Waals surface area (Å²) in [5, 5.41) is 20.3. The first kappa shape index (κ1) is 24.8. The van der Waals surface area contributed by atoms with Gasteiger partial charge in [-0.25, -0.2) is 4.98 Å². The molecule has 0 aliphatic heterocycles. The maximum atomic E-state index is 11.0. The summed E-state index contributed by atoms with van der Waals surface area (Å²) in [6.45, 7) is 18.9. The summed E-state index contributed by atoms with van der Waals surface area (Å²) in [6.07, 6.45) is 6.33. The Bertz CT molecular complexity index is 672. The molecule has 5 nitrogen and oxygen atoms in total. The first-order valence-electron chi connectivity index (χ1n) is 10.0. The van der Waals surface area contributed by atoms with Crippen LogP contribution in [-0.2, 0) is 4.43 Å². The minimum Gasteiger partial charge on any atom is -0.449 e. The summed E-state index contributed by atoms with van der Waals surface area (Å²) < 4.78 is 12.0. The van der Waals surface area contributed by atoms with Crippen LogP contribution in [0.2, 0.25) is 18.1 Å². The lowest BCUT2D eigenvalue weighted by atomic mass is 9.86. The molecule has 0 fully saturated rings. The third kappa shape index (κ3) is 6.69. The Kier molecular flexibility index (Phi) is 8.87. The normalized spacial score (nSPS) is 18.3. The van der Waals surface area contributed by atoms with Crippen LogP contribution in [0.15, 0.2) is 28.4 Å². The van der Waals surface area contributed by atoms with Crippen LogP contribution in [0.4, 0.5) is 0 Å². The molecule has 0 aromatic carbocycles. The van der Waals surface area contributed by atoms with Gasteiger partial charge in [-0.05, 0) is 42.6 Å². The molecular formula is C22H39NO4Si. The second-order valence-corrected chi connectivity index (χ2v) is 14.1. The lowest BCUT2D eigenvalue weighted by Gasteiger charge is -2.43. The van der Waals surface area contributed by atoms with E-state index < -0.39 is 14.4 Å². The fraction of sp³-hybridized carbons (Fsp3) is 0.682. The zero-order chi connectivity index (χ0) is 21.7. The Morgan fingerprint density at radius 2 is 1.93 bits per heavy atom. The van der Waals surface area contributed by atoms with Crippen molar-refractivity contribution in [3.63, 3.8) is 0 Å². The van der Waals surface area contributed by atoms with Crippen molar-refractivity contribution in [1.82, 2.24) is 4.98 Å². The van der Waals surface area contributed by atoms with Gasteiger partial charge < -0.3 is 19.1 Å². The van der Waals surface area contributed by atoms with Crippen molar-refractivity contribution in [2.75, 3.05) is 6.61 Å². The van der Waals surface area contributed by atoms with Crippen LogP contribution < -0.4 is 0 Å². The Hall–Kier alpha value is -1.21.